The second kappa shape index (κ2) is 6.27. The zero-order valence-corrected chi connectivity index (χ0v) is 12.8. The van der Waals surface area contributed by atoms with E-state index in [1.165, 1.54) is 0 Å². The predicted octanol–water partition coefficient (Wildman–Crippen LogP) is 3.96. The van der Waals surface area contributed by atoms with Crippen molar-refractivity contribution in [1.29, 1.82) is 0 Å². The van der Waals surface area contributed by atoms with E-state index in [9.17, 15) is 10.1 Å². The number of aromatic nitrogens is 1. The van der Waals surface area contributed by atoms with Crippen LogP contribution in [0.4, 0.5) is 5.69 Å². The first kappa shape index (κ1) is 15.1. The van der Waals surface area contributed by atoms with Gasteiger partial charge in [-0.25, -0.2) is 0 Å². The fourth-order valence-corrected chi connectivity index (χ4v) is 2.69. The Labute approximate surface area is 116 Å². The minimum absolute atomic E-state index is 0.206. The van der Waals surface area contributed by atoms with Gasteiger partial charge in [0.1, 0.15) is 0 Å². The number of hydrogen-bond donors (Lipinski definition) is 0. The highest BCUT2D eigenvalue weighted by molar-refractivity contribution is 9.09. The van der Waals surface area contributed by atoms with Crippen molar-refractivity contribution in [1.82, 2.24) is 4.98 Å². The minimum atomic E-state index is -0.311. The second-order valence-corrected chi connectivity index (χ2v) is 6.11. The van der Waals surface area contributed by atoms with E-state index in [1.807, 2.05) is 0 Å². The molecule has 0 bridgehead atoms. The van der Waals surface area contributed by atoms with Crippen molar-refractivity contribution in [2.45, 2.75) is 45.4 Å². The van der Waals surface area contributed by atoms with Gasteiger partial charge in [0.2, 0.25) is 0 Å². The maximum Gasteiger partial charge on any atom is 0.278 e. The van der Waals surface area contributed by atoms with Crippen molar-refractivity contribution in [2.24, 2.45) is 5.92 Å². The van der Waals surface area contributed by atoms with Crippen molar-refractivity contribution in [3.05, 3.63) is 33.1 Å². The first-order chi connectivity index (χ1) is 8.38. The van der Waals surface area contributed by atoms with Gasteiger partial charge in [0.25, 0.3) is 5.69 Å². The fraction of sp³-hybridized carbons (Fsp3) is 0.615. The lowest BCUT2D eigenvalue weighted by atomic mass is 9.94. The first-order valence-corrected chi connectivity index (χ1v) is 7.03. The lowest BCUT2D eigenvalue weighted by molar-refractivity contribution is -0.386. The van der Waals surface area contributed by atoms with Gasteiger partial charge in [-0.3, -0.25) is 15.1 Å². The summed E-state index contributed by atoms with van der Waals surface area (Å²) in [5, 5.41) is 11.1. The average molecular weight is 315 g/mol. The quantitative estimate of drug-likeness (QED) is 0.469. The summed E-state index contributed by atoms with van der Waals surface area (Å²) in [5.41, 5.74) is 2.37. The molecule has 0 aliphatic rings. The van der Waals surface area contributed by atoms with E-state index in [2.05, 4.69) is 34.8 Å². The van der Waals surface area contributed by atoms with E-state index in [-0.39, 0.29) is 10.6 Å². The largest absolute Gasteiger partial charge is 0.278 e. The fourth-order valence-electron chi connectivity index (χ4n) is 2.13. The molecule has 0 radical (unpaired) electrons. The van der Waals surface area contributed by atoms with Gasteiger partial charge in [0, 0.05) is 22.2 Å². The van der Waals surface area contributed by atoms with Crippen LogP contribution in [-0.2, 0) is 6.42 Å². The molecule has 0 fully saturated rings. The molecule has 1 aromatic heterocycles. The Balaban J connectivity index is 3.11. The van der Waals surface area contributed by atoms with Crippen molar-refractivity contribution in [2.75, 3.05) is 0 Å². The summed E-state index contributed by atoms with van der Waals surface area (Å²) < 4.78 is 0. The summed E-state index contributed by atoms with van der Waals surface area (Å²) in [6.45, 7) is 7.75. The highest BCUT2D eigenvalue weighted by Crippen LogP contribution is 2.28. The monoisotopic (exact) mass is 314 g/mol. The highest BCUT2D eigenvalue weighted by Gasteiger charge is 2.21. The number of nitro groups is 1. The molecule has 100 valence electrons. The van der Waals surface area contributed by atoms with Gasteiger partial charge in [0.15, 0.2) is 0 Å². The number of halogens is 1. The van der Waals surface area contributed by atoms with Gasteiger partial charge in [0.05, 0.1) is 10.6 Å². The Morgan fingerprint density at radius 2 is 2.11 bits per heavy atom. The van der Waals surface area contributed by atoms with Crippen molar-refractivity contribution < 1.29 is 4.92 Å². The predicted molar refractivity (Wildman–Crippen MR) is 76.2 cm³/mol. The molecule has 4 nitrogen and oxygen atoms in total. The van der Waals surface area contributed by atoms with Crippen molar-refractivity contribution in [3.63, 3.8) is 0 Å². The summed E-state index contributed by atoms with van der Waals surface area (Å²) in [5.74, 6) is 0.443. The SMILES string of the molecule is CCC(Cc1ncc(C)c([N+](=O)[O-])c1C)C(C)Br. The van der Waals surface area contributed by atoms with Crippen LogP contribution in [0, 0.1) is 29.9 Å². The maximum atomic E-state index is 11.1. The molecular weight excluding hydrogens is 296 g/mol. The molecule has 0 spiro atoms. The standard InChI is InChI=1S/C13H19BrN2O2/c1-5-11(10(4)14)6-12-9(3)13(16(17)18)8(2)7-15-12/h7,10-11H,5-6H2,1-4H3. The van der Waals surface area contributed by atoms with Crippen LogP contribution in [0.1, 0.15) is 37.1 Å². The molecule has 5 heteroatoms. The van der Waals surface area contributed by atoms with Gasteiger partial charge in [-0.15, -0.1) is 0 Å². The number of alkyl halides is 1. The van der Waals surface area contributed by atoms with Crippen LogP contribution < -0.4 is 0 Å². The molecule has 0 N–H and O–H groups in total. The van der Waals surface area contributed by atoms with Crippen LogP contribution in [0.15, 0.2) is 6.20 Å². The highest BCUT2D eigenvalue weighted by atomic mass is 79.9. The lowest BCUT2D eigenvalue weighted by Crippen LogP contribution is -2.15. The molecule has 0 amide bonds. The normalized spacial score (nSPS) is 14.3. The summed E-state index contributed by atoms with van der Waals surface area (Å²) in [4.78, 5) is 15.5. The van der Waals surface area contributed by atoms with Crippen LogP contribution in [0.2, 0.25) is 0 Å². The third-order valence-electron chi connectivity index (χ3n) is 3.39. The van der Waals surface area contributed by atoms with Crippen LogP contribution in [0.5, 0.6) is 0 Å². The summed E-state index contributed by atoms with van der Waals surface area (Å²) in [6.07, 6.45) is 3.40. The van der Waals surface area contributed by atoms with E-state index in [1.54, 1.807) is 20.0 Å². The van der Waals surface area contributed by atoms with Crippen LogP contribution in [0.25, 0.3) is 0 Å². The van der Waals surface area contributed by atoms with E-state index in [0.717, 1.165) is 18.5 Å². The molecule has 0 saturated carbocycles. The second-order valence-electron chi connectivity index (χ2n) is 4.67. The Kier molecular flexibility index (Phi) is 5.26. The van der Waals surface area contributed by atoms with Crippen LogP contribution in [-0.4, -0.2) is 14.7 Å². The summed E-state index contributed by atoms with van der Waals surface area (Å²) in [6, 6.07) is 0. The summed E-state index contributed by atoms with van der Waals surface area (Å²) >= 11 is 3.58. The van der Waals surface area contributed by atoms with Crippen LogP contribution in [0.3, 0.4) is 0 Å². The minimum Gasteiger partial charge on any atom is -0.260 e. The van der Waals surface area contributed by atoms with Crippen LogP contribution >= 0.6 is 15.9 Å². The van der Waals surface area contributed by atoms with E-state index in [4.69, 9.17) is 0 Å². The van der Waals surface area contributed by atoms with Gasteiger partial charge < -0.3 is 0 Å². The van der Waals surface area contributed by atoms with Gasteiger partial charge in [-0.1, -0.05) is 36.2 Å². The maximum absolute atomic E-state index is 11.1. The molecule has 0 aromatic carbocycles. The molecule has 1 heterocycles. The summed E-state index contributed by atoms with van der Waals surface area (Å²) in [7, 11) is 0. The number of hydrogen-bond acceptors (Lipinski definition) is 3. The molecule has 1 rings (SSSR count). The molecule has 0 aliphatic heterocycles. The third kappa shape index (κ3) is 3.28. The van der Waals surface area contributed by atoms with E-state index in [0.29, 0.717) is 21.9 Å². The molecule has 2 unspecified atom stereocenters. The molecule has 0 saturated heterocycles. The Morgan fingerprint density at radius 3 is 2.56 bits per heavy atom. The smallest absolute Gasteiger partial charge is 0.260 e. The first-order valence-electron chi connectivity index (χ1n) is 6.12. The van der Waals surface area contributed by atoms with E-state index < -0.39 is 0 Å². The van der Waals surface area contributed by atoms with E-state index >= 15 is 0 Å². The zero-order chi connectivity index (χ0) is 13.9. The number of nitrogens with zero attached hydrogens (tertiary/aromatic N) is 2. The topological polar surface area (TPSA) is 56.0 Å². The van der Waals surface area contributed by atoms with Crippen molar-refractivity contribution >= 4 is 21.6 Å². The molecular formula is C13H19BrN2O2. The molecule has 1 aromatic rings. The average Bonchev–Trinajstić information content (AvgIpc) is 2.27. The number of rotatable bonds is 5. The van der Waals surface area contributed by atoms with Gasteiger partial charge in [-0.2, -0.15) is 0 Å². The Bertz CT molecular complexity index is 447. The van der Waals surface area contributed by atoms with Gasteiger partial charge in [-0.05, 0) is 26.2 Å². The molecule has 18 heavy (non-hydrogen) atoms. The molecule has 2 atom stereocenters. The Hall–Kier alpha value is -0.970. The number of aryl methyl sites for hydroxylation is 1. The lowest BCUT2D eigenvalue weighted by Gasteiger charge is -2.18. The third-order valence-corrected chi connectivity index (χ3v) is 4.14. The van der Waals surface area contributed by atoms with Crippen molar-refractivity contribution in [3.8, 4) is 0 Å². The Morgan fingerprint density at radius 1 is 1.50 bits per heavy atom. The van der Waals surface area contributed by atoms with Gasteiger partial charge >= 0.3 is 0 Å². The zero-order valence-electron chi connectivity index (χ0n) is 11.2. The number of pyridine rings is 1. The molecule has 0 aliphatic carbocycles.